The van der Waals surface area contributed by atoms with Crippen molar-refractivity contribution < 1.29 is 0 Å². The van der Waals surface area contributed by atoms with Gasteiger partial charge in [-0.25, -0.2) is 0 Å². The summed E-state index contributed by atoms with van der Waals surface area (Å²) in [5.74, 6) is 0. The Morgan fingerprint density at radius 2 is 1.16 bits per heavy atom. The average molecular weight is 358 g/mol. The Bertz CT molecular complexity index is 507. The number of hydrogen-bond acceptors (Lipinski definition) is 1. The first kappa shape index (κ1) is 17.8. The van der Waals surface area contributed by atoms with E-state index in [0.717, 1.165) is 11.3 Å². The smallest absolute Gasteiger partial charge is 0.0444 e. The summed E-state index contributed by atoms with van der Waals surface area (Å²) in [6.45, 7) is 2.57. The maximum absolute atomic E-state index is 2.74. The lowest BCUT2D eigenvalue weighted by Gasteiger charge is -2.41. The summed E-state index contributed by atoms with van der Waals surface area (Å²) in [5, 5.41) is 1.79. The van der Waals surface area contributed by atoms with Crippen LogP contribution in [0.5, 0.6) is 0 Å². The number of para-hydroxylation sites is 1. The Morgan fingerprint density at radius 3 is 1.76 bits per heavy atom. The largest absolute Gasteiger partial charge is 0.371 e. The summed E-state index contributed by atoms with van der Waals surface area (Å²) in [5.41, 5.74) is 3.65. The van der Waals surface area contributed by atoms with E-state index >= 15 is 0 Å². The maximum atomic E-state index is 2.74. The van der Waals surface area contributed by atoms with Gasteiger partial charge in [0.15, 0.2) is 0 Å². The molecule has 2 saturated carbocycles. The minimum Gasteiger partial charge on any atom is -0.371 e. The first-order valence-corrected chi connectivity index (χ1v) is 12.5. The van der Waals surface area contributed by atoms with Gasteiger partial charge in [-0.2, -0.15) is 0 Å². The Labute approximate surface area is 156 Å². The zero-order valence-electron chi connectivity index (χ0n) is 16.0. The fraction of sp³-hybridized carbons (Fsp3) is 0.739. The van der Waals surface area contributed by atoms with E-state index in [1.54, 1.807) is 11.0 Å². The van der Waals surface area contributed by atoms with Gasteiger partial charge in [-0.1, -0.05) is 64.6 Å². The van der Waals surface area contributed by atoms with E-state index in [0.29, 0.717) is 0 Å². The molecule has 1 nitrogen and oxygen atoms in total. The van der Waals surface area contributed by atoms with Gasteiger partial charge in [0.2, 0.25) is 0 Å². The van der Waals surface area contributed by atoms with E-state index < -0.39 is 0 Å². The maximum Gasteiger partial charge on any atom is 0.0444 e. The normalized spacial score (nSPS) is 24.0. The Hall–Kier alpha value is -0.550. The summed E-state index contributed by atoms with van der Waals surface area (Å²) in [4.78, 5) is 2.74. The van der Waals surface area contributed by atoms with Gasteiger partial charge >= 0.3 is 0 Å². The summed E-state index contributed by atoms with van der Waals surface area (Å²) >= 11 is 0. The lowest BCUT2D eigenvalue weighted by molar-refractivity contribution is 0.487. The van der Waals surface area contributed by atoms with Gasteiger partial charge in [0, 0.05) is 18.8 Å². The van der Waals surface area contributed by atoms with Crippen LogP contribution in [0.25, 0.3) is 0 Å². The van der Waals surface area contributed by atoms with Crippen molar-refractivity contribution >= 4 is 18.9 Å². The standard InChI is InChI=1S/C23H36NP/c1-4-12-20(13-5-1)25(21-14-6-2-7-15-21)23-17-9-8-16-22(23)24-18-10-3-11-19-24/h8-9,16-17,20-21H,1-7,10-15,18-19H2. The van der Waals surface area contributed by atoms with E-state index in [1.165, 1.54) is 96.6 Å². The van der Waals surface area contributed by atoms with Gasteiger partial charge in [-0.15, -0.1) is 0 Å². The van der Waals surface area contributed by atoms with Crippen LogP contribution in [0.3, 0.4) is 0 Å². The molecule has 2 heteroatoms. The number of rotatable bonds is 4. The molecule has 1 saturated heterocycles. The van der Waals surface area contributed by atoms with Crippen LogP contribution >= 0.6 is 7.92 Å². The molecule has 0 spiro atoms. The van der Waals surface area contributed by atoms with Crippen LogP contribution in [0.15, 0.2) is 24.3 Å². The van der Waals surface area contributed by atoms with Crippen LogP contribution in [0, 0.1) is 0 Å². The zero-order chi connectivity index (χ0) is 16.9. The molecule has 3 fully saturated rings. The van der Waals surface area contributed by atoms with Gasteiger partial charge < -0.3 is 4.90 Å². The molecule has 0 bridgehead atoms. The molecule has 25 heavy (non-hydrogen) atoms. The number of benzene rings is 1. The molecule has 0 unspecified atom stereocenters. The minimum atomic E-state index is 0.0206. The molecule has 0 N–H and O–H groups in total. The molecule has 3 aliphatic rings. The first-order chi connectivity index (χ1) is 12.4. The predicted molar refractivity (Wildman–Crippen MR) is 113 cm³/mol. The van der Waals surface area contributed by atoms with Gasteiger partial charge in [-0.3, -0.25) is 0 Å². The molecular formula is C23H36NP. The third-order valence-corrected chi connectivity index (χ3v) is 10.3. The van der Waals surface area contributed by atoms with E-state index in [4.69, 9.17) is 0 Å². The molecule has 2 aliphatic carbocycles. The number of hydrogen-bond donors (Lipinski definition) is 0. The van der Waals surface area contributed by atoms with Crippen LogP contribution in [0.1, 0.15) is 83.5 Å². The summed E-state index contributed by atoms with van der Waals surface area (Å²) in [6.07, 6.45) is 19.2. The highest BCUT2D eigenvalue weighted by Crippen LogP contribution is 2.56. The highest BCUT2D eigenvalue weighted by molar-refractivity contribution is 7.67. The molecule has 4 rings (SSSR count). The second kappa shape index (κ2) is 8.90. The molecule has 1 aromatic rings. The molecule has 0 atom stereocenters. The van der Waals surface area contributed by atoms with Crippen LogP contribution in [0.2, 0.25) is 0 Å². The Morgan fingerprint density at radius 1 is 0.640 bits per heavy atom. The lowest BCUT2D eigenvalue weighted by Crippen LogP contribution is -2.35. The highest BCUT2D eigenvalue weighted by atomic mass is 31.1. The van der Waals surface area contributed by atoms with Crippen molar-refractivity contribution in [2.45, 2.75) is 94.8 Å². The molecule has 0 radical (unpaired) electrons. The van der Waals surface area contributed by atoms with E-state index in [2.05, 4.69) is 29.2 Å². The van der Waals surface area contributed by atoms with Gasteiger partial charge in [-0.05, 0) is 67.6 Å². The fourth-order valence-electron chi connectivity index (χ4n) is 5.49. The van der Waals surface area contributed by atoms with Crippen molar-refractivity contribution in [3.63, 3.8) is 0 Å². The Balaban J connectivity index is 1.65. The van der Waals surface area contributed by atoms with Gasteiger partial charge in [0.25, 0.3) is 0 Å². The quantitative estimate of drug-likeness (QED) is 0.560. The summed E-state index contributed by atoms with van der Waals surface area (Å²) < 4.78 is 0. The predicted octanol–water partition coefficient (Wildman–Crippen LogP) is 6.45. The van der Waals surface area contributed by atoms with Crippen molar-refractivity contribution in [2.24, 2.45) is 0 Å². The molecule has 0 amide bonds. The third kappa shape index (κ3) is 4.24. The number of anilines is 1. The minimum absolute atomic E-state index is 0.0206. The van der Waals surface area contributed by atoms with E-state index in [1.807, 2.05) is 0 Å². The molecule has 1 aliphatic heterocycles. The molecule has 1 aromatic carbocycles. The van der Waals surface area contributed by atoms with E-state index in [9.17, 15) is 0 Å². The average Bonchev–Trinajstić information content (AvgIpc) is 2.71. The molecule has 1 heterocycles. The second-order valence-electron chi connectivity index (χ2n) is 8.53. The van der Waals surface area contributed by atoms with Crippen molar-refractivity contribution in [2.75, 3.05) is 18.0 Å². The zero-order valence-corrected chi connectivity index (χ0v) is 16.9. The van der Waals surface area contributed by atoms with E-state index in [-0.39, 0.29) is 7.92 Å². The van der Waals surface area contributed by atoms with Crippen molar-refractivity contribution in [1.82, 2.24) is 0 Å². The topological polar surface area (TPSA) is 3.24 Å². The second-order valence-corrected chi connectivity index (χ2v) is 11.3. The van der Waals surface area contributed by atoms with Crippen molar-refractivity contribution in [3.05, 3.63) is 24.3 Å². The SMILES string of the molecule is c1ccc(P(C2CCCCC2)C2CCCCC2)c(N2CCCCC2)c1. The van der Waals surface area contributed by atoms with Crippen LogP contribution < -0.4 is 10.2 Å². The van der Waals surface area contributed by atoms with Crippen LogP contribution in [0.4, 0.5) is 5.69 Å². The van der Waals surface area contributed by atoms with Gasteiger partial charge in [0.05, 0.1) is 0 Å². The molecular weight excluding hydrogens is 321 g/mol. The lowest BCUT2D eigenvalue weighted by atomic mass is 9.99. The van der Waals surface area contributed by atoms with Crippen molar-refractivity contribution in [1.29, 1.82) is 0 Å². The molecule has 138 valence electrons. The summed E-state index contributed by atoms with van der Waals surface area (Å²) in [7, 11) is 0.0206. The number of nitrogens with zero attached hydrogens (tertiary/aromatic N) is 1. The third-order valence-electron chi connectivity index (χ3n) is 6.79. The van der Waals surface area contributed by atoms with Crippen LogP contribution in [-0.2, 0) is 0 Å². The van der Waals surface area contributed by atoms with Gasteiger partial charge in [0.1, 0.15) is 0 Å². The number of piperidine rings is 1. The monoisotopic (exact) mass is 357 g/mol. The highest BCUT2D eigenvalue weighted by Gasteiger charge is 2.34. The van der Waals surface area contributed by atoms with Crippen molar-refractivity contribution in [3.8, 4) is 0 Å². The first-order valence-electron chi connectivity index (χ1n) is 11.1. The fourth-order valence-corrected chi connectivity index (χ4v) is 9.46. The van der Waals surface area contributed by atoms with Crippen LogP contribution in [-0.4, -0.2) is 24.4 Å². The molecule has 0 aromatic heterocycles. The summed E-state index contributed by atoms with van der Waals surface area (Å²) in [6, 6.07) is 9.63. The Kier molecular flexibility index (Phi) is 6.35.